The Bertz CT molecular complexity index is 532. The molecule has 0 bridgehead atoms. The van der Waals surface area contributed by atoms with E-state index in [1.54, 1.807) is 19.2 Å². The van der Waals surface area contributed by atoms with E-state index >= 15 is 0 Å². The van der Waals surface area contributed by atoms with E-state index in [1.807, 2.05) is 6.92 Å². The van der Waals surface area contributed by atoms with E-state index < -0.39 is 0 Å². The van der Waals surface area contributed by atoms with Gasteiger partial charge in [0, 0.05) is 19.6 Å². The molecule has 2 rings (SSSR count). The molecule has 1 aromatic carbocycles. The molecule has 2 unspecified atom stereocenters. The first-order valence-electron chi connectivity index (χ1n) is 8.52. The highest BCUT2D eigenvalue weighted by Gasteiger charge is 2.32. The van der Waals surface area contributed by atoms with Crippen molar-refractivity contribution in [2.75, 3.05) is 34.2 Å². The fourth-order valence-electron chi connectivity index (χ4n) is 2.70. The van der Waals surface area contributed by atoms with Crippen LogP contribution in [0, 0.1) is 11.7 Å². The molecular weight excluding hydrogens is 434 g/mol. The van der Waals surface area contributed by atoms with Crippen molar-refractivity contribution in [2.24, 2.45) is 10.9 Å². The van der Waals surface area contributed by atoms with Gasteiger partial charge in [-0.15, -0.1) is 24.0 Å². The molecule has 1 fully saturated rings. The Morgan fingerprint density at radius 2 is 1.84 bits per heavy atom. The average molecular weight is 464 g/mol. The van der Waals surface area contributed by atoms with Crippen molar-refractivity contribution in [1.82, 2.24) is 15.5 Å². The number of halogens is 2. The van der Waals surface area contributed by atoms with E-state index in [4.69, 9.17) is 4.74 Å². The summed E-state index contributed by atoms with van der Waals surface area (Å²) in [6.45, 7) is 3.47. The van der Waals surface area contributed by atoms with Crippen LogP contribution in [-0.4, -0.2) is 57.2 Å². The van der Waals surface area contributed by atoms with Crippen LogP contribution in [0.3, 0.4) is 0 Å². The smallest absolute Gasteiger partial charge is 0.191 e. The quantitative estimate of drug-likeness (QED) is 0.353. The standard InChI is InChI=1S/C18H29FN4O.HI/c1-13(24-16-9-7-15(19)8-10-16)11-21-18(20-2)22-12-17(23(3)4)14-5-6-14;/h7-10,13-14,17H,5-6,11-12H2,1-4H3,(H2,20,21,22);1H. The SMILES string of the molecule is CN=C(NCC(C)Oc1ccc(F)cc1)NCC(C1CC1)N(C)C.I. The maximum Gasteiger partial charge on any atom is 0.191 e. The van der Waals surface area contributed by atoms with Crippen LogP contribution >= 0.6 is 24.0 Å². The molecule has 1 aromatic rings. The highest BCUT2D eigenvalue weighted by atomic mass is 127. The van der Waals surface area contributed by atoms with Crippen molar-refractivity contribution in [3.05, 3.63) is 30.1 Å². The molecule has 1 aliphatic carbocycles. The van der Waals surface area contributed by atoms with Gasteiger partial charge < -0.3 is 20.3 Å². The van der Waals surface area contributed by atoms with Gasteiger partial charge in [-0.3, -0.25) is 4.99 Å². The van der Waals surface area contributed by atoms with Gasteiger partial charge in [-0.25, -0.2) is 4.39 Å². The van der Waals surface area contributed by atoms with Crippen LogP contribution in [0.1, 0.15) is 19.8 Å². The Morgan fingerprint density at radius 3 is 2.36 bits per heavy atom. The Balaban J connectivity index is 0.00000312. The summed E-state index contributed by atoms with van der Waals surface area (Å²) in [5, 5.41) is 6.67. The van der Waals surface area contributed by atoms with E-state index in [-0.39, 0.29) is 35.9 Å². The second kappa shape index (κ2) is 10.8. The van der Waals surface area contributed by atoms with E-state index in [9.17, 15) is 4.39 Å². The minimum Gasteiger partial charge on any atom is -0.489 e. The predicted octanol–water partition coefficient (Wildman–Crippen LogP) is 2.72. The molecule has 25 heavy (non-hydrogen) atoms. The van der Waals surface area contributed by atoms with E-state index in [1.165, 1.54) is 25.0 Å². The first kappa shape index (κ1) is 22.0. The van der Waals surface area contributed by atoms with E-state index in [2.05, 4.69) is 34.6 Å². The topological polar surface area (TPSA) is 48.9 Å². The van der Waals surface area contributed by atoms with Crippen LogP contribution in [0.15, 0.2) is 29.3 Å². The summed E-state index contributed by atoms with van der Waals surface area (Å²) in [6.07, 6.45) is 2.58. The average Bonchev–Trinajstić information content (AvgIpc) is 3.37. The number of likely N-dealkylation sites (N-methyl/N-ethyl adjacent to an activating group) is 1. The second-order valence-corrected chi connectivity index (χ2v) is 6.58. The van der Waals surface area contributed by atoms with Gasteiger partial charge in [-0.05, 0) is 64.0 Å². The Hall–Kier alpha value is -1.09. The van der Waals surface area contributed by atoms with Gasteiger partial charge in [0.2, 0.25) is 0 Å². The van der Waals surface area contributed by atoms with Crippen LogP contribution in [0.2, 0.25) is 0 Å². The Morgan fingerprint density at radius 1 is 1.24 bits per heavy atom. The minimum absolute atomic E-state index is 0. The minimum atomic E-state index is -0.260. The van der Waals surface area contributed by atoms with Crippen molar-refractivity contribution >= 4 is 29.9 Å². The number of benzene rings is 1. The monoisotopic (exact) mass is 464 g/mol. The number of nitrogens with zero attached hydrogens (tertiary/aromatic N) is 2. The third-order valence-corrected chi connectivity index (χ3v) is 4.24. The number of hydrogen-bond donors (Lipinski definition) is 2. The van der Waals surface area contributed by atoms with Gasteiger partial charge in [0.1, 0.15) is 17.7 Å². The molecule has 0 amide bonds. The number of ether oxygens (including phenoxy) is 1. The van der Waals surface area contributed by atoms with Crippen LogP contribution in [0.4, 0.5) is 4.39 Å². The molecule has 7 heteroatoms. The zero-order valence-electron chi connectivity index (χ0n) is 15.5. The van der Waals surface area contributed by atoms with Crippen LogP contribution < -0.4 is 15.4 Å². The summed E-state index contributed by atoms with van der Waals surface area (Å²) in [6, 6.07) is 6.60. The highest BCUT2D eigenvalue weighted by molar-refractivity contribution is 14.0. The van der Waals surface area contributed by atoms with Crippen molar-refractivity contribution in [1.29, 1.82) is 0 Å². The maximum atomic E-state index is 12.9. The van der Waals surface area contributed by atoms with Crippen molar-refractivity contribution in [3.8, 4) is 5.75 Å². The van der Waals surface area contributed by atoms with Gasteiger partial charge in [-0.1, -0.05) is 0 Å². The largest absolute Gasteiger partial charge is 0.489 e. The number of aliphatic imine (C=N–C) groups is 1. The summed E-state index contributed by atoms with van der Waals surface area (Å²) in [7, 11) is 6.02. The summed E-state index contributed by atoms with van der Waals surface area (Å²) in [5.41, 5.74) is 0. The molecule has 1 saturated carbocycles. The molecule has 0 saturated heterocycles. The van der Waals surface area contributed by atoms with Crippen LogP contribution in [0.25, 0.3) is 0 Å². The lowest BCUT2D eigenvalue weighted by Crippen LogP contribution is -2.47. The molecule has 2 N–H and O–H groups in total. The van der Waals surface area contributed by atoms with Gasteiger partial charge in [0.15, 0.2) is 5.96 Å². The third-order valence-electron chi connectivity index (χ3n) is 4.24. The molecule has 0 aromatic heterocycles. The number of hydrogen-bond acceptors (Lipinski definition) is 3. The lowest BCUT2D eigenvalue weighted by atomic mass is 10.1. The fraction of sp³-hybridized carbons (Fsp3) is 0.611. The van der Waals surface area contributed by atoms with Crippen LogP contribution in [0.5, 0.6) is 5.75 Å². The first-order valence-corrected chi connectivity index (χ1v) is 8.52. The van der Waals surface area contributed by atoms with Gasteiger partial charge >= 0.3 is 0 Å². The predicted molar refractivity (Wildman–Crippen MR) is 111 cm³/mol. The fourth-order valence-corrected chi connectivity index (χ4v) is 2.70. The third kappa shape index (κ3) is 7.77. The number of rotatable bonds is 8. The Labute approximate surface area is 167 Å². The Kier molecular flexibility index (Phi) is 9.48. The van der Waals surface area contributed by atoms with E-state index in [0.29, 0.717) is 18.3 Å². The normalized spacial score (nSPS) is 16.8. The molecule has 0 heterocycles. The second-order valence-electron chi connectivity index (χ2n) is 6.58. The maximum absolute atomic E-state index is 12.9. The summed E-state index contributed by atoms with van der Waals surface area (Å²) in [5.74, 6) is 1.97. The highest BCUT2D eigenvalue weighted by Crippen LogP contribution is 2.34. The lowest BCUT2D eigenvalue weighted by Gasteiger charge is -2.25. The number of nitrogens with one attached hydrogen (secondary N) is 2. The number of guanidine groups is 1. The van der Waals surface area contributed by atoms with Gasteiger partial charge in [-0.2, -0.15) is 0 Å². The molecular formula is C18H30FIN4O. The van der Waals surface area contributed by atoms with Gasteiger partial charge in [0.05, 0.1) is 6.54 Å². The zero-order chi connectivity index (χ0) is 17.5. The molecule has 1 aliphatic rings. The van der Waals surface area contributed by atoms with Crippen LogP contribution in [-0.2, 0) is 0 Å². The molecule has 0 spiro atoms. The summed E-state index contributed by atoms with van der Waals surface area (Å²) < 4.78 is 18.7. The zero-order valence-corrected chi connectivity index (χ0v) is 17.8. The van der Waals surface area contributed by atoms with Crippen molar-refractivity contribution in [3.63, 3.8) is 0 Å². The van der Waals surface area contributed by atoms with Crippen molar-refractivity contribution < 1.29 is 9.13 Å². The molecule has 0 aliphatic heterocycles. The molecule has 5 nitrogen and oxygen atoms in total. The molecule has 0 radical (unpaired) electrons. The summed E-state index contributed by atoms with van der Waals surface area (Å²) in [4.78, 5) is 6.54. The van der Waals surface area contributed by atoms with Crippen molar-refractivity contribution in [2.45, 2.75) is 31.9 Å². The molecule has 2 atom stereocenters. The lowest BCUT2D eigenvalue weighted by molar-refractivity contribution is 0.223. The first-order chi connectivity index (χ1) is 11.5. The van der Waals surface area contributed by atoms with Gasteiger partial charge in [0.25, 0.3) is 0 Å². The van der Waals surface area contributed by atoms with E-state index in [0.717, 1.165) is 18.4 Å². The molecule has 142 valence electrons. The summed E-state index contributed by atoms with van der Waals surface area (Å²) >= 11 is 0.